The Kier molecular flexibility index (Phi) is 4.59. The molecule has 0 bridgehead atoms. The molecule has 2 heterocycles. The van der Waals surface area contributed by atoms with Crippen molar-refractivity contribution in [1.82, 2.24) is 19.9 Å². The maximum atomic E-state index is 5.15. The highest BCUT2D eigenvalue weighted by molar-refractivity contribution is 14.1. The molecule has 0 unspecified atom stereocenters. The molecule has 0 spiro atoms. The van der Waals surface area contributed by atoms with Crippen molar-refractivity contribution in [2.75, 3.05) is 19.5 Å². The van der Waals surface area contributed by atoms with Crippen LogP contribution in [-0.4, -0.2) is 34.1 Å². The van der Waals surface area contributed by atoms with Gasteiger partial charge >= 0.3 is 0 Å². The first-order valence-corrected chi connectivity index (χ1v) is 6.75. The summed E-state index contributed by atoms with van der Waals surface area (Å²) in [5, 5.41) is 3.05. The smallest absolute Gasteiger partial charge is 0.200 e. The molecule has 6 nitrogen and oxygen atoms in total. The monoisotopic (exact) mass is 371 g/mol. The second-order valence-corrected chi connectivity index (χ2v) is 5.00. The number of hydrogen-bond donors (Lipinski definition) is 1. The van der Waals surface area contributed by atoms with Gasteiger partial charge in [0.2, 0.25) is 0 Å². The fourth-order valence-electron chi connectivity index (χ4n) is 1.50. The van der Waals surface area contributed by atoms with Gasteiger partial charge in [-0.3, -0.25) is 0 Å². The highest BCUT2D eigenvalue weighted by atomic mass is 127. The topological polar surface area (TPSA) is 72.8 Å². The summed E-state index contributed by atoms with van der Waals surface area (Å²) in [7, 11) is 3.46. The van der Waals surface area contributed by atoms with E-state index in [-0.39, 0.29) is 0 Å². The minimum Gasteiger partial charge on any atom is -0.378 e. The van der Waals surface area contributed by atoms with Gasteiger partial charge in [0.05, 0.1) is 15.9 Å². The second-order valence-electron chi connectivity index (χ2n) is 3.92. The van der Waals surface area contributed by atoms with Gasteiger partial charge in [0.15, 0.2) is 11.6 Å². The number of rotatable bonds is 4. The van der Waals surface area contributed by atoms with Crippen LogP contribution in [0.2, 0.25) is 0 Å². The van der Waals surface area contributed by atoms with Crippen LogP contribution in [0, 0.1) is 10.5 Å². The quantitative estimate of drug-likeness (QED) is 0.830. The normalized spacial score (nSPS) is 10.5. The van der Waals surface area contributed by atoms with Crippen LogP contribution in [0.5, 0.6) is 0 Å². The summed E-state index contributed by atoms with van der Waals surface area (Å²) in [6.07, 6.45) is 3.50. The molecule has 2 aromatic heterocycles. The van der Waals surface area contributed by atoms with E-state index in [4.69, 9.17) is 4.74 Å². The van der Waals surface area contributed by atoms with Gasteiger partial charge in [-0.2, -0.15) is 0 Å². The number of aromatic nitrogens is 4. The molecular weight excluding hydrogens is 357 g/mol. The van der Waals surface area contributed by atoms with Crippen LogP contribution in [0.4, 0.5) is 5.82 Å². The van der Waals surface area contributed by atoms with E-state index in [0.29, 0.717) is 18.3 Å². The predicted octanol–water partition coefficient (Wildman–Crippen LogP) is 2.03. The molecule has 0 amide bonds. The average molecular weight is 371 g/mol. The molecule has 7 heteroatoms. The molecule has 2 aromatic rings. The molecule has 0 fully saturated rings. The van der Waals surface area contributed by atoms with Crippen LogP contribution < -0.4 is 5.32 Å². The zero-order valence-corrected chi connectivity index (χ0v) is 13.1. The highest BCUT2D eigenvalue weighted by Gasteiger charge is 2.14. The van der Waals surface area contributed by atoms with Gasteiger partial charge in [0.25, 0.3) is 0 Å². The molecule has 2 rings (SSSR count). The Morgan fingerprint density at radius 2 is 1.89 bits per heavy atom. The molecule has 0 aliphatic rings. The number of ether oxygens (including phenoxy) is 1. The van der Waals surface area contributed by atoms with Gasteiger partial charge in [-0.25, -0.2) is 19.9 Å². The molecule has 0 saturated heterocycles. The Labute approximate surface area is 125 Å². The van der Waals surface area contributed by atoms with Crippen molar-refractivity contribution in [2.45, 2.75) is 13.5 Å². The standard InChI is InChI=1S/C12H14IN5O/c1-7-4-15-11(16-5-7)12-17-8(6-19-3)9(13)10(14-2)18-12/h4-5H,6H2,1-3H3,(H,14,17,18). The third-order valence-corrected chi connectivity index (χ3v) is 3.55. The first-order chi connectivity index (χ1) is 9.15. The number of halogens is 1. The van der Waals surface area contributed by atoms with E-state index in [1.165, 1.54) is 0 Å². The molecule has 1 N–H and O–H groups in total. The summed E-state index contributed by atoms with van der Waals surface area (Å²) >= 11 is 2.20. The van der Waals surface area contributed by atoms with Gasteiger partial charge in [-0.15, -0.1) is 0 Å². The average Bonchev–Trinajstić information content (AvgIpc) is 2.42. The van der Waals surface area contributed by atoms with Crippen LogP contribution in [0.1, 0.15) is 11.3 Å². The van der Waals surface area contributed by atoms with Crippen molar-refractivity contribution in [3.8, 4) is 11.6 Å². The summed E-state index contributed by atoms with van der Waals surface area (Å²) in [6, 6.07) is 0. The maximum absolute atomic E-state index is 5.15. The molecule has 0 saturated carbocycles. The summed E-state index contributed by atoms with van der Waals surface area (Å²) in [4.78, 5) is 17.4. The third-order valence-electron chi connectivity index (χ3n) is 2.42. The molecule has 19 heavy (non-hydrogen) atoms. The summed E-state index contributed by atoms with van der Waals surface area (Å²) in [6.45, 7) is 2.36. The fraction of sp³-hybridized carbons (Fsp3) is 0.333. The number of anilines is 1. The number of methoxy groups -OCH3 is 1. The van der Waals surface area contributed by atoms with Crippen LogP contribution >= 0.6 is 22.6 Å². The zero-order chi connectivity index (χ0) is 13.8. The Bertz CT molecular complexity index is 573. The SMILES string of the molecule is CNc1nc(-c2ncc(C)cn2)nc(COC)c1I. The van der Waals surface area contributed by atoms with Crippen LogP contribution in [0.25, 0.3) is 11.6 Å². The van der Waals surface area contributed by atoms with Crippen LogP contribution in [0.3, 0.4) is 0 Å². The summed E-state index contributed by atoms with van der Waals surface area (Å²) < 4.78 is 6.10. The maximum Gasteiger partial charge on any atom is 0.200 e. The minimum atomic E-state index is 0.425. The van der Waals surface area contributed by atoms with E-state index in [0.717, 1.165) is 20.6 Å². The van der Waals surface area contributed by atoms with E-state index in [2.05, 4.69) is 47.8 Å². The van der Waals surface area contributed by atoms with Crippen molar-refractivity contribution in [1.29, 1.82) is 0 Å². The number of aryl methyl sites for hydroxylation is 1. The van der Waals surface area contributed by atoms with Crippen LogP contribution in [-0.2, 0) is 11.3 Å². The van der Waals surface area contributed by atoms with Crippen molar-refractivity contribution in [2.24, 2.45) is 0 Å². The lowest BCUT2D eigenvalue weighted by Crippen LogP contribution is -2.07. The van der Waals surface area contributed by atoms with Crippen molar-refractivity contribution < 1.29 is 4.74 Å². The number of nitrogens with one attached hydrogen (secondary N) is 1. The van der Waals surface area contributed by atoms with E-state index >= 15 is 0 Å². The Morgan fingerprint density at radius 3 is 2.47 bits per heavy atom. The molecule has 0 radical (unpaired) electrons. The largest absolute Gasteiger partial charge is 0.378 e. The molecule has 0 atom stereocenters. The van der Waals surface area contributed by atoms with Crippen molar-refractivity contribution in [3.05, 3.63) is 27.2 Å². The Morgan fingerprint density at radius 1 is 1.21 bits per heavy atom. The summed E-state index contributed by atoms with van der Waals surface area (Å²) in [5.74, 6) is 1.76. The highest BCUT2D eigenvalue weighted by Crippen LogP contribution is 2.22. The van der Waals surface area contributed by atoms with Gasteiger partial charge in [-0.05, 0) is 35.1 Å². The molecule has 0 aromatic carbocycles. The molecule has 0 aliphatic carbocycles. The lowest BCUT2D eigenvalue weighted by molar-refractivity contribution is 0.181. The van der Waals surface area contributed by atoms with E-state index in [1.54, 1.807) is 19.5 Å². The number of nitrogens with zero attached hydrogens (tertiary/aromatic N) is 4. The van der Waals surface area contributed by atoms with Crippen LogP contribution in [0.15, 0.2) is 12.4 Å². The molecular formula is C12H14IN5O. The predicted molar refractivity (Wildman–Crippen MR) is 80.8 cm³/mol. The second kappa shape index (κ2) is 6.20. The fourth-order valence-corrected chi connectivity index (χ4v) is 2.17. The van der Waals surface area contributed by atoms with Crippen molar-refractivity contribution in [3.63, 3.8) is 0 Å². The Hall–Kier alpha value is -1.35. The van der Waals surface area contributed by atoms with E-state index in [1.807, 2.05) is 14.0 Å². The lowest BCUT2D eigenvalue weighted by atomic mass is 10.3. The Balaban J connectivity index is 2.51. The minimum absolute atomic E-state index is 0.425. The van der Waals surface area contributed by atoms with Gasteiger partial charge < -0.3 is 10.1 Å². The molecule has 0 aliphatic heterocycles. The first-order valence-electron chi connectivity index (χ1n) is 5.67. The van der Waals surface area contributed by atoms with Crippen molar-refractivity contribution >= 4 is 28.4 Å². The molecule has 100 valence electrons. The van der Waals surface area contributed by atoms with Gasteiger partial charge in [-0.1, -0.05) is 0 Å². The van der Waals surface area contributed by atoms with Gasteiger partial charge in [0, 0.05) is 26.6 Å². The number of hydrogen-bond acceptors (Lipinski definition) is 6. The van der Waals surface area contributed by atoms with Gasteiger partial charge in [0.1, 0.15) is 5.82 Å². The first kappa shape index (κ1) is 14.1. The third kappa shape index (κ3) is 3.16. The van der Waals surface area contributed by atoms with E-state index in [9.17, 15) is 0 Å². The summed E-state index contributed by atoms with van der Waals surface area (Å²) in [5.41, 5.74) is 1.82. The lowest BCUT2D eigenvalue weighted by Gasteiger charge is -2.10. The van der Waals surface area contributed by atoms with E-state index < -0.39 is 0 Å². The zero-order valence-electron chi connectivity index (χ0n) is 10.9.